The minimum absolute atomic E-state index is 0.150. The molecule has 0 aliphatic carbocycles. The standard InChI is InChI=1S/C11H14O4S/c1-15-11(14)7-5-9-3-2-8(16-9)4-6-10(12)13/h2-3H,4-7H2,1H3,(H,12,13). The molecule has 1 N–H and O–H groups in total. The van der Waals surface area contributed by atoms with Crippen LogP contribution in [0, 0.1) is 0 Å². The fraction of sp³-hybridized carbons (Fsp3) is 0.455. The van der Waals surface area contributed by atoms with E-state index in [2.05, 4.69) is 4.74 Å². The van der Waals surface area contributed by atoms with Crippen molar-refractivity contribution in [2.24, 2.45) is 0 Å². The Balaban J connectivity index is 2.39. The number of aryl methyl sites for hydroxylation is 2. The van der Waals surface area contributed by atoms with E-state index in [9.17, 15) is 9.59 Å². The number of rotatable bonds is 6. The summed E-state index contributed by atoms with van der Waals surface area (Å²) >= 11 is 1.56. The van der Waals surface area contributed by atoms with E-state index in [0.717, 1.165) is 9.75 Å². The van der Waals surface area contributed by atoms with Crippen LogP contribution >= 0.6 is 11.3 Å². The van der Waals surface area contributed by atoms with Crippen LogP contribution in [-0.2, 0) is 27.2 Å². The molecule has 1 aromatic heterocycles. The highest BCUT2D eigenvalue weighted by molar-refractivity contribution is 7.12. The SMILES string of the molecule is COC(=O)CCc1ccc(CCC(=O)O)s1. The van der Waals surface area contributed by atoms with Crippen molar-refractivity contribution in [3.63, 3.8) is 0 Å². The Hall–Kier alpha value is -1.36. The summed E-state index contributed by atoms with van der Waals surface area (Å²) in [6.07, 6.45) is 1.73. The van der Waals surface area contributed by atoms with Gasteiger partial charge in [0.05, 0.1) is 20.0 Å². The topological polar surface area (TPSA) is 63.6 Å². The Morgan fingerprint density at radius 2 is 1.81 bits per heavy atom. The summed E-state index contributed by atoms with van der Waals surface area (Å²) in [5.74, 6) is -1.01. The molecule has 16 heavy (non-hydrogen) atoms. The molecule has 0 aromatic carbocycles. The van der Waals surface area contributed by atoms with Crippen LogP contribution < -0.4 is 0 Å². The Labute approximate surface area is 97.9 Å². The summed E-state index contributed by atoms with van der Waals surface area (Å²) in [6, 6.07) is 3.85. The number of esters is 1. The molecule has 0 aliphatic heterocycles. The van der Waals surface area contributed by atoms with Gasteiger partial charge in [-0.15, -0.1) is 11.3 Å². The maximum atomic E-state index is 10.9. The van der Waals surface area contributed by atoms with Crippen molar-refractivity contribution in [2.45, 2.75) is 25.7 Å². The third-order valence-electron chi connectivity index (χ3n) is 2.11. The Kier molecular flexibility index (Phi) is 4.98. The van der Waals surface area contributed by atoms with Crippen molar-refractivity contribution < 1.29 is 19.4 Å². The number of carboxylic acids is 1. The van der Waals surface area contributed by atoms with Crippen molar-refractivity contribution in [1.29, 1.82) is 0 Å². The number of carbonyl (C=O) groups is 2. The number of hydrogen-bond acceptors (Lipinski definition) is 4. The smallest absolute Gasteiger partial charge is 0.305 e. The minimum atomic E-state index is -0.787. The van der Waals surface area contributed by atoms with Gasteiger partial charge in [0.1, 0.15) is 0 Å². The highest BCUT2D eigenvalue weighted by Gasteiger charge is 2.05. The zero-order chi connectivity index (χ0) is 12.0. The molecule has 0 amide bonds. The van der Waals surface area contributed by atoms with E-state index in [1.807, 2.05) is 12.1 Å². The Bertz CT molecular complexity index is 370. The second-order valence-electron chi connectivity index (χ2n) is 3.34. The van der Waals surface area contributed by atoms with Crippen molar-refractivity contribution in [1.82, 2.24) is 0 Å². The third-order valence-corrected chi connectivity index (χ3v) is 3.31. The van der Waals surface area contributed by atoms with E-state index in [1.165, 1.54) is 7.11 Å². The molecular weight excluding hydrogens is 228 g/mol. The van der Waals surface area contributed by atoms with Crippen LogP contribution in [-0.4, -0.2) is 24.2 Å². The number of thiophene rings is 1. The first-order valence-corrected chi connectivity index (χ1v) is 5.79. The number of carboxylic acid groups (broad SMARTS) is 1. The van der Waals surface area contributed by atoms with Gasteiger partial charge in [-0.05, 0) is 25.0 Å². The molecule has 0 unspecified atom stereocenters. The molecule has 1 heterocycles. The van der Waals surface area contributed by atoms with E-state index >= 15 is 0 Å². The molecule has 4 nitrogen and oxygen atoms in total. The van der Waals surface area contributed by atoms with Gasteiger partial charge in [0, 0.05) is 9.75 Å². The summed E-state index contributed by atoms with van der Waals surface area (Å²) in [6.45, 7) is 0. The van der Waals surface area contributed by atoms with E-state index in [1.54, 1.807) is 11.3 Å². The molecule has 0 saturated heterocycles. The summed E-state index contributed by atoms with van der Waals surface area (Å²) in [5.41, 5.74) is 0. The number of methoxy groups -OCH3 is 1. The fourth-order valence-corrected chi connectivity index (χ4v) is 2.27. The summed E-state index contributed by atoms with van der Waals surface area (Å²) < 4.78 is 4.55. The van der Waals surface area contributed by atoms with Crippen LogP contribution in [0.2, 0.25) is 0 Å². The molecule has 88 valence electrons. The van der Waals surface area contributed by atoms with Gasteiger partial charge < -0.3 is 9.84 Å². The number of carbonyl (C=O) groups excluding carboxylic acids is 1. The lowest BCUT2D eigenvalue weighted by atomic mass is 10.2. The van der Waals surface area contributed by atoms with Crippen molar-refractivity contribution in [2.75, 3.05) is 7.11 Å². The van der Waals surface area contributed by atoms with E-state index in [-0.39, 0.29) is 12.4 Å². The quantitative estimate of drug-likeness (QED) is 0.773. The van der Waals surface area contributed by atoms with E-state index in [4.69, 9.17) is 5.11 Å². The van der Waals surface area contributed by atoms with Crippen LogP contribution in [0.15, 0.2) is 12.1 Å². The third kappa shape index (κ3) is 4.44. The van der Waals surface area contributed by atoms with Crippen LogP contribution in [0.1, 0.15) is 22.6 Å². The first-order chi connectivity index (χ1) is 7.61. The lowest BCUT2D eigenvalue weighted by Gasteiger charge is -1.96. The first-order valence-electron chi connectivity index (χ1n) is 4.98. The van der Waals surface area contributed by atoms with Gasteiger partial charge in [-0.3, -0.25) is 9.59 Å². The van der Waals surface area contributed by atoms with Crippen molar-refractivity contribution in [3.05, 3.63) is 21.9 Å². The average molecular weight is 242 g/mol. The van der Waals surface area contributed by atoms with Gasteiger partial charge in [0.2, 0.25) is 0 Å². The molecular formula is C11H14O4S. The maximum Gasteiger partial charge on any atom is 0.305 e. The summed E-state index contributed by atoms with van der Waals surface area (Å²) in [4.78, 5) is 23.4. The van der Waals surface area contributed by atoms with Crippen LogP contribution in [0.25, 0.3) is 0 Å². The molecule has 0 radical (unpaired) electrons. The van der Waals surface area contributed by atoms with Crippen LogP contribution in [0.4, 0.5) is 0 Å². The van der Waals surface area contributed by atoms with Crippen LogP contribution in [0.5, 0.6) is 0 Å². The van der Waals surface area contributed by atoms with Gasteiger partial charge in [0.15, 0.2) is 0 Å². The van der Waals surface area contributed by atoms with Gasteiger partial charge in [0.25, 0.3) is 0 Å². The molecule has 0 spiro atoms. The zero-order valence-electron chi connectivity index (χ0n) is 9.06. The second-order valence-corrected chi connectivity index (χ2v) is 4.59. The zero-order valence-corrected chi connectivity index (χ0v) is 9.88. The monoisotopic (exact) mass is 242 g/mol. The molecule has 1 aromatic rings. The highest BCUT2D eigenvalue weighted by Crippen LogP contribution is 2.19. The largest absolute Gasteiger partial charge is 0.481 e. The fourth-order valence-electron chi connectivity index (χ4n) is 1.25. The van der Waals surface area contributed by atoms with Gasteiger partial charge in [-0.1, -0.05) is 0 Å². The average Bonchev–Trinajstić information content (AvgIpc) is 2.71. The van der Waals surface area contributed by atoms with Crippen LogP contribution in [0.3, 0.4) is 0 Å². The van der Waals surface area contributed by atoms with Gasteiger partial charge in [-0.2, -0.15) is 0 Å². The molecule has 0 aliphatic rings. The minimum Gasteiger partial charge on any atom is -0.481 e. The first kappa shape index (κ1) is 12.7. The number of ether oxygens (including phenoxy) is 1. The van der Waals surface area contributed by atoms with Crippen molar-refractivity contribution in [3.8, 4) is 0 Å². The molecule has 0 atom stereocenters. The molecule has 0 fully saturated rings. The van der Waals surface area contributed by atoms with E-state index < -0.39 is 5.97 Å². The normalized spacial score (nSPS) is 10.1. The Morgan fingerprint density at radius 1 is 1.25 bits per heavy atom. The molecule has 0 bridgehead atoms. The number of hydrogen-bond donors (Lipinski definition) is 1. The molecule has 5 heteroatoms. The predicted octanol–water partition coefficient (Wildman–Crippen LogP) is 1.87. The number of aliphatic carboxylic acids is 1. The van der Waals surface area contributed by atoms with E-state index in [0.29, 0.717) is 19.3 Å². The highest BCUT2D eigenvalue weighted by atomic mass is 32.1. The van der Waals surface area contributed by atoms with Crippen molar-refractivity contribution >= 4 is 23.3 Å². The summed E-state index contributed by atoms with van der Waals surface area (Å²) in [7, 11) is 1.37. The maximum absolute atomic E-state index is 10.9. The summed E-state index contributed by atoms with van der Waals surface area (Å²) in [5, 5.41) is 8.53. The van der Waals surface area contributed by atoms with Gasteiger partial charge in [-0.25, -0.2) is 0 Å². The second kappa shape index (κ2) is 6.27. The predicted molar refractivity (Wildman–Crippen MR) is 60.6 cm³/mol. The molecule has 1 rings (SSSR count). The van der Waals surface area contributed by atoms with Gasteiger partial charge >= 0.3 is 11.9 Å². The lowest BCUT2D eigenvalue weighted by molar-refractivity contribution is -0.140. The lowest BCUT2D eigenvalue weighted by Crippen LogP contribution is -2.00. The molecule has 0 saturated carbocycles. The Morgan fingerprint density at radius 3 is 2.31 bits per heavy atom.